The van der Waals surface area contributed by atoms with E-state index in [1.165, 1.54) is 38.2 Å². The van der Waals surface area contributed by atoms with Gasteiger partial charge in [-0.05, 0) is 37.3 Å². The van der Waals surface area contributed by atoms with Crippen LogP contribution in [-0.4, -0.2) is 48.3 Å². The first kappa shape index (κ1) is 23.5. The summed E-state index contributed by atoms with van der Waals surface area (Å²) in [5.41, 5.74) is 0.284. The van der Waals surface area contributed by atoms with Gasteiger partial charge in [0.05, 0.1) is 23.9 Å². The molecule has 0 saturated carbocycles. The number of benzene rings is 2. The average molecular weight is 462 g/mol. The molecule has 30 heavy (non-hydrogen) atoms. The quantitative estimate of drug-likeness (QED) is 0.681. The smallest absolute Gasteiger partial charge is 0.247 e. The number of sulfonamides is 2. The third-order valence-corrected chi connectivity index (χ3v) is 6.67. The zero-order valence-corrected chi connectivity index (χ0v) is 18.3. The van der Waals surface area contributed by atoms with Crippen LogP contribution in [0.25, 0.3) is 0 Å². The molecular formula is C18H21F2N3O5S2. The van der Waals surface area contributed by atoms with Crippen molar-refractivity contribution in [2.75, 3.05) is 33.5 Å². The maximum Gasteiger partial charge on any atom is 0.247 e. The van der Waals surface area contributed by atoms with Crippen LogP contribution in [0.3, 0.4) is 0 Å². The van der Waals surface area contributed by atoms with Gasteiger partial charge < -0.3 is 5.32 Å². The molecule has 1 atom stereocenters. The fourth-order valence-electron chi connectivity index (χ4n) is 2.65. The van der Waals surface area contributed by atoms with E-state index in [-0.39, 0.29) is 17.1 Å². The zero-order valence-electron chi connectivity index (χ0n) is 16.6. The molecule has 2 aromatic rings. The maximum atomic E-state index is 13.6. The molecule has 0 aromatic heterocycles. The second kappa shape index (κ2) is 8.56. The Kier molecular flexibility index (Phi) is 6.72. The van der Waals surface area contributed by atoms with E-state index < -0.39 is 43.6 Å². The highest BCUT2D eigenvalue weighted by atomic mass is 32.2. The van der Waals surface area contributed by atoms with Gasteiger partial charge in [0.2, 0.25) is 26.0 Å². The molecule has 12 heteroatoms. The van der Waals surface area contributed by atoms with E-state index in [0.29, 0.717) is 10.4 Å². The molecule has 0 aliphatic heterocycles. The Morgan fingerprint density at radius 1 is 0.933 bits per heavy atom. The van der Waals surface area contributed by atoms with Crippen molar-refractivity contribution < 1.29 is 30.4 Å². The number of carbonyl (C=O) groups is 1. The van der Waals surface area contributed by atoms with Crippen molar-refractivity contribution in [3.8, 4) is 0 Å². The van der Waals surface area contributed by atoms with Gasteiger partial charge in [0, 0.05) is 18.8 Å². The number of hydrogen-bond acceptors (Lipinski definition) is 5. The molecule has 0 saturated heterocycles. The summed E-state index contributed by atoms with van der Waals surface area (Å²) in [5.74, 6) is -3.18. The second-order valence-corrected chi connectivity index (χ2v) is 10.5. The molecule has 164 valence electrons. The highest BCUT2D eigenvalue weighted by Crippen LogP contribution is 2.25. The van der Waals surface area contributed by atoms with Crippen molar-refractivity contribution in [2.45, 2.75) is 13.0 Å². The minimum absolute atomic E-state index is 0.218. The van der Waals surface area contributed by atoms with E-state index in [9.17, 15) is 30.4 Å². The second-order valence-electron chi connectivity index (χ2n) is 6.60. The van der Waals surface area contributed by atoms with Gasteiger partial charge in [-0.25, -0.2) is 25.6 Å². The Morgan fingerprint density at radius 3 is 2.10 bits per heavy atom. The van der Waals surface area contributed by atoms with Gasteiger partial charge in [0.1, 0.15) is 6.04 Å². The maximum absolute atomic E-state index is 13.6. The molecule has 1 amide bonds. The number of carbonyl (C=O) groups excluding carboxylic acids is 1. The highest BCUT2D eigenvalue weighted by Gasteiger charge is 2.30. The van der Waals surface area contributed by atoms with Crippen LogP contribution >= 0.6 is 0 Å². The largest absolute Gasteiger partial charge is 0.324 e. The van der Waals surface area contributed by atoms with Crippen LogP contribution in [0.5, 0.6) is 0 Å². The molecule has 2 aromatic carbocycles. The number of amides is 1. The normalized spacial score (nSPS) is 12.9. The summed E-state index contributed by atoms with van der Waals surface area (Å²) in [6.07, 6.45) is 1.85. The average Bonchev–Trinajstić information content (AvgIpc) is 2.62. The zero-order chi connectivity index (χ0) is 22.9. The SMILES string of the molecule is CC(C(=O)Nc1cccc(N(C)S(C)(=O)=O)c1)N(c1ccc(F)c(F)c1)S(C)(=O)=O. The molecule has 2 rings (SSSR count). The van der Waals surface area contributed by atoms with Crippen LogP contribution in [0.15, 0.2) is 42.5 Å². The lowest BCUT2D eigenvalue weighted by Gasteiger charge is -2.28. The van der Waals surface area contributed by atoms with Gasteiger partial charge in [0.25, 0.3) is 0 Å². The number of nitrogens with one attached hydrogen (secondary N) is 1. The Labute approximate surface area is 174 Å². The lowest BCUT2D eigenvalue weighted by Crippen LogP contribution is -2.45. The Bertz CT molecular complexity index is 1170. The standard InChI is InChI=1S/C18H21F2N3O5S2/c1-12(23(30(4,27)28)15-8-9-16(19)17(20)11-15)18(24)21-13-6-5-7-14(10-13)22(2)29(3,25)26/h5-12H,1-4H3,(H,21,24). The van der Waals surface area contributed by atoms with E-state index in [2.05, 4.69) is 5.32 Å². The fraction of sp³-hybridized carbons (Fsp3) is 0.278. The summed E-state index contributed by atoms with van der Waals surface area (Å²) in [5, 5.41) is 2.50. The van der Waals surface area contributed by atoms with Gasteiger partial charge >= 0.3 is 0 Å². The Hall–Kier alpha value is -2.73. The summed E-state index contributed by atoms with van der Waals surface area (Å²) in [4.78, 5) is 12.7. The molecule has 0 aliphatic carbocycles. The van der Waals surface area contributed by atoms with Crippen LogP contribution < -0.4 is 13.9 Å². The third-order valence-electron chi connectivity index (χ3n) is 4.22. The van der Waals surface area contributed by atoms with Gasteiger partial charge in [-0.15, -0.1) is 0 Å². The first-order valence-corrected chi connectivity index (χ1v) is 12.2. The first-order valence-electron chi connectivity index (χ1n) is 8.51. The third kappa shape index (κ3) is 5.45. The van der Waals surface area contributed by atoms with Crippen LogP contribution in [0.2, 0.25) is 0 Å². The lowest BCUT2D eigenvalue weighted by atomic mass is 10.2. The van der Waals surface area contributed by atoms with Gasteiger partial charge in [-0.2, -0.15) is 0 Å². The van der Waals surface area contributed by atoms with E-state index in [1.807, 2.05) is 0 Å². The van der Waals surface area contributed by atoms with E-state index in [4.69, 9.17) is 0 Å². The number of anilines is 3. The topological polar surface area (TPSA) is 104 Å². The van der Waals surface area contributed by atoms with Crippen LogP contribution in [0.4, 0.5) is 25.8 Å². The molecule has 0 fully saturated rings. The van der Waals surface area contributed by atoms with Gasteiger partial charge in [-0.1, -0.05) is 6.07 Å². The molecule has 0 heterocycles. The Balaban J connectivity index is 2.34. The fourth-order valence-corrected chi connectivity index (χ4v) is 4.31. The highest BCUT2D eigenvalue weighted by molar-refractivity contribution is 7.92. The van der Waals surface area contributed by atoms with Gasteiger partial charge in [-0.3, -0.25) is 13.4 Å². The predicted molar refractivity (Wildman–Crippen MR) is 111 cm³/mol. The Morgan fingerprint density at radius 2 is 1.57 bits per heavy atom. The lowest BCUT2D eigenvalue weighted by molar-refractivity contribution is -0.116. The van der Waals surface area contributed by atoms with Crippen molar-refractivity contribution in [1.29, 1.82) is 0 Å². The van der Waals surface area contributed by atoms with Crippen LogP contribution in [0, 0.1) is 11.6 Å². The summed E-state index contributed by atoms with van der Waals surface area (Å²) in [7, 11) is -6.22. The molecule has 0 bridgehead atoms. The molecule has 0 aliphatic rings. The summed E-state index contributed by atoms with van der Waals surface area (Å²) in [6, 6.07) is 7.09. The number of halogens is 2. The van der Waals surface area contributed by atoms with Crippen molar-refractivity contribution >= 4 is 43.0 Å². The van der Waals surface area contributed by atoms with Crippen molar-refractivity contribution in [1.82, 2.24) is 0 Å². The number of nitrogens with zero attached hydrogens (tertiary/aromatic N) is 2. The van der Waals surface area contributed by atoms with E-state index in [1.54, 1.807) is 0 Å². The van der Waals surface area contributed by atoms with Crippen molar-refractivity contribution in [3.63, 3.8) is 0 Å². The summed E-state index contributed by atoms with van der Waals surface area (Å²) >= 11 is 0. The van der Waals surface area contributed by atoms with E-state index in [0.717, 1.165) is 28.9 Å². The molecule has 0 radical (unpaired) electrons. The predicted octanol–water partition coefficient (Wildman–Crippen LogP) is 2.15. The molecular weight excluding hydrogens is 440 g/mol. The molecule has 0 spiro atoms. The van der Waals surface area contributed by atoms with Gasteiger partial charge in [0.15, 0.2) is 11.6 Å². The monoisotopic (exact) mass is 461 g/mol. The molecule has 1 N–H and O–H groups in total. The minimum Gasteiger partial charge on any atom is -0.324 e. The number of rotatable bonds is 7. The summed E-state index contributed by atoms with van der Waals surface area (Å²) < 4.78 is 76.4. The van der Waals surface area contributed by atoms with E-state index >= 15 is 0 Å². The van der Waals surface area contributed by atoms with Crippen LogP contribution in [0.1, 0.15) is 6.92 Å². The summed E-state index contributed by atoms with van der Waals surface area (Å²) in [6.45, 7) is 1.28. The van der Waals surface area contributed by atoms with Crippen molar-refractivity contribution in [3.05, 3.63) is 54.1 Å². The number of hydrogen-bond donors (Lipinski definition) is 1. The first-order chi connectivity index (χ1) is 13.7. The van der Waals surface area contributed by atoms with Crippen LogP contribution in [-0.2, 0) is 24.8 Å². The molecule has 1 unspecified atom stereocenters. The molecule has 8 nitrogen and oxygen atoms in total. The minimum atomic E-state index is -4.03. The van der Waals surface area contributed by atoms with Crippen molar-refractivity contribution in [2.24, 2.45) is 0 Å².